The highest BCUT2D eigenvalue weighted by atomic mass is 16.2. The molecule has 0 radical (unpaired) electrons. The zero-order valence-electron chi connectivity index (χ0n) is 15.1. The van der Waals surface area contributed by atoms with Crippen molar-refractivity contribution < 1.29 is 9.59 Å². The smallest absolute Gasteiger partial charge is 0.220 e. The summed E-state index contributed by atoms with van der Waals surface area (Å²) >= 11 is 0. The number of hydrogen-bond acceptors (Lipinski definition) is 2. The topological polar surface area (TPSA) is 46.2 Å². The van der Waals surface area contributed by atoms with Crippen molar-refractivity contribution in [1.82, 2.24) is 5.32 Å². The molecule has 3 heteroatoms. The normalized spacial score (nSPS) is 11.8. The first-order valence-electron chi connectivity index (χ1n) is 9.04. The zero-order chi connectivity index (χ0) is 18.1. The Labute approximate surface area is 150 Å². The van der Waals surface area contributed by atoms with Crippen molar-refractivity contribution >= 4 is 11.7 Å². The number of ketones is 1. The molecule has 1 unspecified atom stereocenters. The van der Waals surface area contributed by atoms with Gasteiger partial charge in [-0.2, -0.15) is 0 Å². The molecule has 0 aromatic heterocycles. The molecule has 0 saturated carbocycles. The lowest BCUT2D eigenvalue weighted by atomic mass is 10.0. The third-order valence-electron chi connectivity index (χ3n) is 4.37. The van der Waals surface area contributed by atoms with Crippen molar-refractivity contribution in [2.45, 2.75) is 45.4 Å². The Morgan fingerprint density at radius 3 is 2.28 bits per heavy atom. The summed E-state index contributed by atoms with van der Waals surface area (Å²) in [6, 6.07) is 17.8. The predicted octanol–water partition coefficient (Wildman–Crippen LogP) is 4.52. The van der Waals surface area contributed by atoms with Crippen LogP contribution in [0.25, 0.3) is 0 Å². The van der Waals surface area contributed by atoms with Crippen LogP contribution in [0.1, 0.15) is 60.5 Å². The summed E-state index contributed by atoms with van der Waals surface area (Å²) < 4.78 is 0. The average Bonchev–Trinajstić information content (AvgIpc) is 2.65. The van der Waals surface area contributed by atoms with Crippen molar-refractivity contribution in [2.75, 3.05) is 6.54 Å². The minimum absolute atomic E-state index is 0.0225. The van der Waals surface area contributed by atoms with Gasteiger partial charge in [0, 0.05) is 24.9 Å². The lowest BCUT2D eigenvalue weighted by molar-refractivity contribution is -0.121. The van der Waals surface area contributed by atoms with Crippen LogP contribution in [-0.2, 0) is 11.2 Å². The summed E-state index contributed by atoms with van der Waals surface area (Å²) in [4.78, 5) is 24.2. The van der Waals surface area contributed by atoms with Crippen molar-refractivity contribution in [3.05, 3.63) is 71.3 Å². The number of hydrogen-bond donors (Lipinski definition) is 1. The van der Waals surface area contributed by atoms with Crippen molar-refractivity contribution in [1.29, 1.82) is 0 Å². The number of carbonyl (C=O) groups is 2. The van der Waals surface area contributed by atoms with Crippen LogP contribution in [0.15, 0.2) is 54.6 Å². The highest BCUT2D eigenvalue weighted by Crippen LogP contribution is 2.13. The fraction of sp³-hybridized carbons (Fsp3) is 0.364. The first-order chi connectivity index (χ1) is 12.1. The van der Waals surface area contributed by atoms with Crippen LogP contribution in [-0.4, -0.2) is 18.2 Å². The molecule has 2 aromatic carbocycles. The third-order valence-corrected chi connectivity index (χ3v) is 4.37. The summed E-state index contributed by atoms with van der Waals surface area (Å²) in [7, 11) is 0. The molecule has 0 aliphatic carbocycles. The second-order valence-electron chi connectivity index (χ2n) is 6.49. The van der Waals surface area contributed by atoms with E-state index in [0.717, 1.165) is 12.8 Å². The number of amides is 1. The van der Waals surface area contributed by atoms with Gasteiger partial charge in [-0.1, -0.05) is 74.9 Å². The van der Waals surface area contributed by atoms with Crippen LogP contribution < -0.4 is 5.32 Å². The number of carbonyl (C=O) groups excluding carboxylic acids is 2. The van der Waals surface area contributed by atoms with Crippen LogP contribution in [0, 0.1) is 0 Å². The highest BCUT2D eigenvalue weighted by Gasteiger charge is 2.11. The Kier molecular flexibility index (Phi) is 7.39. The maximum atomic E-state index is 12.2. The minimum Gasteiger partial charge on any atom is -0.355 e. The van der Waals surface area contributed by atoms with Crippen molar-refractivity contribution in [3.63, 3.8) is 0 Å². The number of Topliss-reactive ketones (excluding diaryl/α,β-unsaturated/α-hetero) is 1. The molecule has 0 fully saturated rings. The molecule has 2 aromatic rings. The van der Waals surface area contributed by atoms with Crippen LogP contribution in [0.4, 0.5) is 0 Å². The quantitative estimate of drug-likeness (QED) is 0.684. The highest BCUT2D eigenvalue weighted by molar-refractivity contribution is 5.97. The zero-order valence-corrected chi connectivity index (χ0v) is 15.1. The van der Waals surface area contributed by atoms with E-state index < -0.39 is 0 Å². The lowest BCUT2D eigenvalue weighted by Gasteiger charge is -2.13. The van der Waals surface area contributed by atoms with Gasteiger partial charge in [0.05, 0.1) is 0 Å². The molecule has 132 valence electrons. The van der Waals surface area contributed by atoms with Gasteiger partial charge in [-0.3, -0.25) is 9.59 Å². The molecular formula is C22H27NO2. The Bertz CT molecular complexity index is 677. The Morgan fingerprint density at radius 1 is 0.960 bits per heavy atom. The van der Waals surface area contributed by atoms with Crippen LogP contribution in [0.3, 0.4) is 0 Å². The van der Waals surface area contributed by atoms with Gasteiger partial charge in [0.2, 0.25) is 5.91 Å². The SMILES string of the molecule is CCCc1ccc(C(=O)CCC(=O)NCC(C)c2ccccc2)cc1. The molecule has 0 aliphatic rings. The largest absolute Gasteiger partial charge is 0.355 e. The Hall–Kier alpha value is -2.42. The molecule has 0 heterocycles. The third kappa shape index (κ3) is 6.18. The van der Waals surface area contributed by atoms with Gasteiger partial charge >= 0.3 is 0 Å². The molecule has 1 N–H and O–H groups in total. The van der Waals surface area contributed by atoms with E-state index in [4.69, 9.17) is 0 Å². The van der Waals surface area contributed by atoms with Crippen LogP contribution >= 0.6 is 0 Å². The van der Waals surface area contributed by atoms with E-state index in [2.05, 4.69) is 31.3 Å². The second kappa shape index (κ2) is 9.77. The maximum Gasteiger partial charge on any atom is 0.220 e. The molecular weight excluding hydrogens is 310 g/mol. The molecule has 1 amide bonds. The van der Waals surface area contributed by atoms with E-state index in [1.807, 2.05) is 42.5 Å². The standard InChI is InChI=1S/C22H27NO2/c1-3-7-18-10-12-20(13-11-18)21(24)14-15-22(25)23-16-17(2)19-8-5-4-6-9-19/h4-6,8-13,17H,3,7,14-16H2,1-2H3,(H,23,25). The summed E-state index contributed by atoms with van der Waals surface area (Å²) in [5, 5.41) is 2.92. The van der Waals surface area contributed by atoms with Gasteiger partial charge in [-0.15, -0.1) is 0 Å². The summed E-state index contributed by atoms with van der Waals surface area (Å²) in [6.45, 7) is 4.80. The molecule has 3 nitrogen and oxygen atoms in total. The van der Waals surface area contributed by atoms with Crippen molar-refractivity contribution in [2.24, 2.45) is 0 Å². The van der Waals surface area contributed by atoms with E-state index in [0.29, 0.717) is 12.1 Å². The number of rotatable bonds is 9. The molecule has 0 saturated heterocycles. The monoisotopic (exact) mass is 337 g/mol. The first kappa shape index (κ1) is 18.9. The number of aryl methyl sites for hydroxylation is 1. The van der Waals surface area contributed by atoms with E-state index in [9.17, 15) is 9.59 Å². The molecule has 1 atom stereocenters. The Balaban J connectivity index is 1.74. The minimum atomic E-state index is -0.0706. The average molecular weight is 337 g/mol. The molecule has 25 heavy (non-hydrogen) atoms. The van der Waals surface area contributed by atoms with Gasteiger partial charge in [0.1, 0.15) is 0 Å². The summed E-state index contributed by atoms with van der Waals surface area (Å²) in [5.41, 5.74) is 3.13. The van der Waals surface area contributed by atoms with E-state index in [1.54, 1.807) is 0 Å². The number of nitrogens with one attached hydrogen (secondary N) is 1. The van der Waals surface area contributed by atoms with Gasteiger partial charge in [-0.05, 0) is 23.5 Å². The van der Waals surface area contributed by atoms with Gasteiger partial charge in [0.15, 0.2) is 5.78 Å². The predicted molar refractivity (Wildman–Crippen MR) is 102 cm³/mol. The van der Waals surface area contributed by atoms with Crippen molar-refractivity contribution in [3.8, 4) is 0 Å². The molecule has 0 aliphatic heterocycles. The molecule has 0 bridgehead atoms. The maximum absolute atomic E-state index is 12.2. The molecule has 0 spiro atoms. The molecule has 2 rings (SSSR count). The fourth-order valence-electron chi connectivity index (χ4n) is 2.77. The summed E-state index contributed by atoms with van der Waals surface area (Å²) in [6.07, 6.45) is 2.60. The van der Waals surface area contributed by atoms with Gasteiger partial charge in [0.25, 0.3) is 0 Å². The number of benzene rings is 2. The second-order valence-corrected chi connectivity index (χ2v) is 6.49. The van der Waals surface area contributed by atoms with Gasteiger partial charge in [-0.25, -0.2) is 0 Å². The van der Waals surface area contributed by atoms with Crippen LogP contribution in [0.2, 0.25) is 0 Å². The summed E-state index contributed by atoms with van der Waals surface area (Å²) in [5.74, 6) is 0.208. The van der Waals surface area contributed by atoms with E-state index in [1.165, 1.54) is 11.1 Å². The van der Waals surface area contributed by atoms with E-state index in [-0.39, 0.29) is 30.4 Å². The fourth-order valence-corrected chi connectivity index (χ4v) is 2.77. The first-order valence-corrected chi connectivity index (χ1v) is 9.04. The Morgan fingerprint density at radius 2 is 1.64 bits per heavy atom. The van der Waals surface area contributed by atoms with Crippen LogP contribution in [0.5, 0.6) is 0 Å². The lowest BCUT2D eigenvalue weighted by Crippen LogP contribution is -2.27. The van der Waals surface area contributed by atoms with Gasteiger partial charge < -0.3 is 5.32 Å². The van der Waals surface area contributed by atoms with E-state index >= 15 is 0 Å².